The van der Waals surface area contributed by atoms with Crippen molar-refractivity contribution in [3.8, 4) is 0 Å². The number of nitrogens with one attached hydrogen (secondary N) is 1. The Morgan fingerprint density at radius 1 is 1.33 bits per heavy atom. The van der Waals surface area contributed by atoms with Crippen molar-refractivity contribution in [1.82, 2.24) is 14.9 Å². The maximum Gasteiger partial charge on any atom is 0.364 e. The van der Waals surface area contributed by atoms with Gasteiger partial charge >= 0.3 is 11.7 Å². The summed E-state index contributed by atoms with van der Waals surface area (Å²) in [7, 11) is 0. The van der Waals surface area contributed by atoms with Crippen LogP contribution in [0.3, 0.4) is 0 Å². The Hall–Kier alpha value is -2.41. The molecule has 0 bridgehead atoms. The molecule has 0 radical (unpaired) electrons. The largest absolute Gasteiger partial charge is 0.466 e. The van der Waals surface area contributed by atoms with Crippen LogP contribution in [0.4, 0.5) is 0 Å². The Labute approximate surface area is 144 Å². The molecule has 0 aliphatic rings. The zero-order chi connectivity index (χ0) is 17.5. The number of halogens is 1. The van der Waals surface area contributed by atoms with Crippen LogP contribution in [-0.4, -0.2) is 33.2 Å². The Morgan fingerprint density at radius 3 is 2.71 bits per heavy atom. The molecule has 0 aliphatic carbocycles. The second kappa shape index (κ2) is 8.44. The van der Waals surface area contributed by atoms with Crippen molar-refractivity contribution in [2.45, 2.75) is 33.1 Å². The molecule has 1 aromatic carbocycles. The minimum absolute atomic E-state index is 0.224. The summed E-state index contributed by atoms with van der Waals surface area (Å²) >= 11 is 5.86. The molecule has 0 aliphatic heterocycles. The van der Waals surface area contributed by atoms with E-state index in [1.807, 2.05) is 12.1 Å². The Balaban J connectivity index is 2.11. The van der Waals surface area contributed by atoms with E-state index in [9.17, 15) is 9.59 Å². The Morgan fingerprint density at radius 2 is 2.04 bits per heavy atom. The molecule has 0 saturated carbocycles. The molecule has 7 nitrogen and oxygen atoms in total. The number of carbonyl (C=O) groups excluding carboxylic acids is 1. The molecule has 24 heavy (non-hydrogen) atoms. The maximum absolute atomic E-state index is 11.9. The lowest BCUT2D eigenvalue weighted by molar-refractivity contribution is -0.142. The maximum atomic E-state index is 11.9. The van der Waals surface area contributed by atoms with E-state index in [0.717, 1.165) is 5.56 Å². The van der Waals surface area contributed by atoms with Crippen LogP contribution in [0.5, 0.6) is 0 Å². The Bertz CT molecular complexity index is 777. The van der Waals surface area contributed by atoms with E-state index in [0.29, 0.717) is 36.0 Å². The van der Waals surface area contributed by atoms with Crippen molar-refractivity contribution in [1.29, 1.82) is 0 Å². The van der Waals surface area contributed by atoms with Crippen LogP contribution < -0.4 is 5.69 Å². The minimum atomic E-state index is -0.422. The van der Waals surface area contributed by atoms with Gasteiger partial charge in [-0.05, 0) is 38.0 Å². The lowest BCUT2D eigenvalue weighted by Gasteiger charge is -2.04. The number of hydrogen-bond donors (Lipinski definition) is 1. The molecule has 1 heterocycles. The fourth-order valence-corrected chi connectivity index (χ4v) is 2.19. The van der Waals surface area contributed by atoms with Gasteiger partial charge in [0.25, 0.3) is 0 Å². The number of H-pyrrole nitrogens is 1. The van der Waals surface area contributed by atoms with Crippen molar-refractivity contribution in [3.63, 3.8) is 0 Å². The first-order valence-electron chi connectivity index (χ1n) is 7.60. The van der Waals surface area contributed by atoms with E-state index in [2.05, 4.69) is 15.3 Å². The van der Waals surface area contributed by atoms with Gasteiger partial charge < -0.3 is 4.74 Å². The van der Waals surface area contributed by atoms with Crippen LogP contribution in [-0.2, 0) is 16.0 Å². The van der Waals surface area contributed by atoms with Crippen LogP contribution >= 0.6 is 11.6 Å². The number of hydrogen-bond acceptors (Lipinski definition) is 5. The number of esters is 1. The summed E-state index contributed by atoms with van der Waals surface area (Å²) in [6, 6.07) is 7.28. The van der Waals surface area contributed by atoms with Crippen molar-refractivity contribution in [2.24, 2.45) is 5.10 Å². The van der Waals surface area contributed by atoms with Crippen molar-refractivity contribution < 1.29 is 9.53 Å². The van der Waals surface area contributed by atoms with E-state index in [1.165, 1.54) is 4.68 Å². The quantitative estimate of drug-likeness (QED) is 0.613. The second-order valence-electron chi connectivity index (χ2n) is 5.20. The van der Waals surface area contributed by atoms with Gasteiger partial charge in [0, 0.05) is 17.2 Å². The predicted molar refractivity (Wildman–Crippen MR) is 91.5 cm³/mol. The van der Waals surface area contributed by atoms with Gasteiger partial charge in [-0.15, -0.1) is 0 Å². The summed E-state index contributed by atoms with van der Waals surface area (Å²) in [6.07, 6.45) is 1.07. The van der Waals surface area contributed by atoms with Gasteiger partial charge in [0.1, 0.15) is 0 Å². The van der Waals surface area contributed by atoms with E-state index >= 15 is 0 Å². The van der Waals surface area contributed by atoms with Gasteiger partial charge in [0.05, 0.1) is 13.0 Å². The summed E-state index contributed by atoms with van der Waals surface area (Å²) in [4.78, 5) is 23.3. The van der Waals surface area contributed by atoms with Crippen LogP contribution in [0.25, 0.3) is 0 Å². The average Bonchev–Trinajstić information content (AvgIpc) is 2.88. The molecule has 2 rings (SSSR count). The fraction of sp³-hybridized carbons (Fsp3) is 0.375. The summed E-state index contributed by atoms with van der Waals surface area (Å²) in [6.45, 7) is 3.86. The molecule has 2 aromatic rings. The molecule has 0 spiro atoms. The number of aromatic nitrogens is 3. The summed E-state index contributed by atoms with van der Waals surface area (Å²) in [5, 5.41) is 11.3. The molecule has 0 fully saturated rings. The molecule has 1 N–H and O–H groups in total. The minimum Gasteiger partial charge on any atom is -0.466 e. The third-order valence-electron chi connectivity index (χ3n) is 3.26. The third-order valence-corrected chi connectivity index (χ3v) is 3.51. The van der Waals surface area contributed by atoms with Crippen molar-refractivity contribution >= 4 is 23.3 Å². The smallest absolute Gasteiger partial charge is 0.364 e. The summed E-state index contributed by atoms with van der Waals surface area (Å²) < 4.78 is 6.09. The van der Waals surface area contributed by atoms with Crippen molar-refractivity contribution in [3.05, 3.63) is 51.2 Å². The average molecular weight is 351 g/mol. The number of aromatic amines is 1. The highest BCUT2D eigenvalue weighted by molar-refractivity contribution is 6.30. The zero-order valence-electron chi connectivity index (χ0n) is 13.6. The van der Waals surface area contributed by atoms with Gasteiger partial charge in [-0.2, -0.15) is 14.9 Å². The van der Waals surface area contributed by atoms with Crippen LogP contribution in [0.15, 0.2) is 34.2 Å². The molecule has 8 heteroatoms. The zero-order valence-corrected chi connectivity index (χ0v) is 14.3. The van der Waals surface area contributed by atoms with Gasteiger partial charge in [0.2, 0.25) is 0 Å². The lowest BCUT2D eigenvalue weighted by atomic mass is 10.1. The third kappa shape index (κ3) is 5.06. The number of rotatable bonds is 7. The highest BCUT2D eigenvalue weighted by Crippen LogP contribution is 2.12. The van der Waals surface area contributed by atoms with Crippen LogP contribution in [0.1, 0.15) is 38.1 Å². The number of nitrogens with zero attached hydrogens (tertiary/aromatic N) is 3. The standard InChI is InChI=1S/C16H19ClN4O3/c1-3-24-15(22)9-4-11(2)20-21-14(18-19-16(21)23)10-12-5-7-13(17)8-6-12/h5-8H,3-4,9-10H2,1-2H3,(H,19,23)/b20-11+. The molecule has 1 aromatic heterocycles. The fourth-order valence-electron chi connectivity index (χ4n) is 2.06. The van der Waals surface area contributed by atoms with E-state index < -0.39 is 5.69 Å². The first kappa shape index (κ1) is 17.9. The van der Waals surface area contributed by atoms with E-state index in [1.54, 1.807) is 26.0 Å². The molecule has 0 saturated heterocycles. The normalized spacial score (nSPS) is 11.5. The first-order chi connectivity index (χ1) is 11.5. The van der Waals surface area contributed by atoms with E-state index in [-0.39, 0.29) is 12.4 Å². The number of carbonyl (C=O) groups is 1. The molecule has 0 amide bonds. The highest BCUT2D eigenvalue weighted by atomic mass is 35.5. The SMILES string of the molecule is CCOC(=O)CC/C(C)=N/n1c(Cc2ccc(Cl)cc2)n[nH]c1=O. The summed E-state index contributed by atoms with van der Waals surface area (Å²) in [5.41, 5.74) is 1.18. The number of ether oxygens (including phenoxy) is 1. The van der Waals surface area contributed by atoms with Gasteiger partial charge in [0.15, 0.2) is 5.82 Å². The van der Waals surface area contributed by atoms with Gasteiger partial charge in [-0.1, -0.05) is 23.7 Å². The molecule has 0 unspecified atom stereocenters. The molecular formula is C16H19ClN4O3. The first-order valence-corrected chi connectivity index (χ1v) is 7.98. The molecular weight excluding hydrogens is 332 g/mol. The Kier molecular flexibility index (Phi) is 6.31. The van der Waals surface area contributed by atoms with Gasteiger partial charge in [-0.25, -0.2) is 9.89 Å². The highest BCUT2D eigenvalue weighted by Gasteiger charge is 2.10. The summed E-state index contributed by atoms with van der Waals surface area (Å²) in [5.74, 6) is 0.200. The topological polar surface area (TPSA) is 89.3 Å². The second-order valence-corrected chi connectivity index (χ2v) is 5.64. The van der Waals surface area contributed by atoms with Crippen molar-refractivity contribution in [2.75, 3.05) is 6.61 Å². The number of benzene rings is 1. The van der Waals surface area contributed by atoms with E-state index in [4.69, 9.17) is 16.3 Å². The van der Waals surface area contributed by atoms with Gasteiger partial charge in [-0.3, -0.25) is 4.79 Å². The van der Waals surface area contributed by atoms with Crippen LogP contribution in [0.2, 0.25) is 5.02 Å². The molecule has 128 valence electrons. The lowest BCUT2D eigenvalue weighted by Crippen LogP contribution is -2.17. The predicted octanol–water partition coefficient (Wildman–Crippen LogP) is 2.38. The monoisotopic (exact) mass is 350 g/mol. The van der Waals surface area contributed by atoms with Crippen LogP contribution in [0, 0.1) is 0 Å². The molecule has 0 atom stereocenters.